The van der Waals surface area contributed by atoms with E-state index in [0.717, 1.165) is 20.9 Å². The molecule has 1 aromatic carbocycles. The third-order valence-corrected chi connectivity index (χ3v) is 2.83. The summed E-state index contributed by atoms with van der Waals surface area (Å²) in [5.41, 5.74) is 2.09. The van der Waals surface area contributed by atoms with E-state index in [1.807, 2.05) is 24.4 Å². The summed E-state index contributed by atoms with van der Waals surface area (Å²) in [6.45, 7) is 0. The molecule has 0 saturated heterocycles. The fraction of sp³-hybridized carbons (Fsp3) is 0.182. The summed E-state index contributed by atoms with van der Waals surface area (Å²) in [6.07, 6.45) is 2.60. The van der Waals surface area contributed by atoms with E-state index in [9.17, 15) is 4.79 Å². The number of carboxylic acid groups (broad SMARTS) is 1. The average Bonchev–Trinajstić information content (AvgIpc) is 2.57. The van der Waals surface area contributed by atoms with Crippen molar-refractivity contribution < 1.29 is 9.90 Å². The van der Waals surface area contributed by atoms with Gasteiger partial charge < -0.3 is 10.1 Å². The van der Waals surface area contributed by atoms with E-state index in [0.29, 0.717) is 6.42 Å². The highest BCUT2D eigenvalue weighted by Crippen LogP contribution is 2.23. The van der Waals surface area contributed by atoms with Crippen LogP contribution >= 0.6 is 15.9 Å². The van der Waals surface area contributed by atoms with E-state index in [1.165, 1.54) is 0 Å². The molecule has 2 rings (SSSR count). The van der Waals surface area contributed by atoms with Gasteiger partial charge in [-0.15, -0.1) is 0 Å². The number of nitrogens with one attached hydrogen (secondary N) is 1. The largest absolute Gasteiger partial charge is 0.481 e. The average molecular weight is 268 g/mol. The number of aryl methyl sites for hydroxylation is 1. The molecule has 78 valence electrons. The summed E-state index contributed by atoms with van der Waals surface area (Å²) in [7, 11) is 0. The third kappa shape index (κ3) is 2.21. The zero-order chi connectivity index (χ0) is 10.8. The number of aliphatic carboxylic acids is 1. The highest BCUT2D eigenvalue weighted by molar-refractivity contribution is 9.10. The number of rotatable bonds is 3. The minimum absolute atomic E-state index is 0.166. The Morgan fingerprint density at radius 3 is 3.00 bits per heavy atom. The van der Waals surface area contributed by atoms with E-state index >= 15 is 0 Å². The van der Waals surface area contributed by atoms with Gasteiger partial charge in [0.25, 0.3) is 0 Å². The molecule has 2 N–H and O–H groups in total. The van der Waals surface area contributed by atoms with Crippen molar-refractivity contribution in [2.45, 2.75) is 12.8 Å². The van der Waals surface area contributed by atoms with Crippen molar-refractivity contribution in [1.29, 1.82) is 0 Å². The lowest BCUT2D eigenvalue weighted by atomic mass is 10.1. The van der Waals surface area contributed by atoms with Crippen LogP contribution in [0.5, 0.6) is 0 Å². The topological polar surface area (TPSA) is 53.1 Å². The van der Waals surface area contributed by atoms with Crippen LogP contribution in [0.4, 0.5) is 0 Å². The molecule has 0 aliphatic carbocycles. The van der Waals surface area contributed by atoms with Gasteiger partial charge in [0.05, 0.1) is 0 Å². The van der Waals surface area contributed by atoms with Crippen LogP contribution in [0.25, 0.3) is 10.9 Å². The summed E-state index contributed by atoms with van der Waals surface area (Å²) >= 11 is 3.40. The zero-order valence-electron chi connectivity index (χ0n) is 7.96. The minimum Gasteiger partial charge on any atom is -0.481 e. The Morgan fingerprint density at radius 2 is 2.27 bits per heavy atom. The molecular formula is C11H10BrNO2. The molecule has 2 aromatic rings. The van der Waals surface area contributed by atoms with E-state index in [2.05, 4.69) is 20.9 Å². The van der Waals surface area contributed by atoms with Crippen molar-refractivity contribution in [2.24, 2.45) is 0 Å². The van der Waals surface area contributed by atoms with Gasteiger partial charge in [0, 0.05) is 28.0 Å². The second-order valence-corrected chi connectivity index (χ2v) is 4.31. The molecule has 0 bridgehead atoms. The molecule has 0 fully saturated rings. The molecule has 4 heteroatoms. The second-order valence-electron chi connectivity index (χ2n) is 3.40. The molecule has 0 unspecified atom stereocenters. The quantitative estimate of drug-likeness (QED) is 0.899. The number of H-pyrrole nitrogens is 1. The first kappa shape index (κ1) is 10.2. The lowest BCUT2D eigenvalue weighted by Gasteiger charge is -1.97. The molecule has 1 heterocycles. The normalized spacial score (nSPS) is 10.7. The van der Waals surface area contributed by atoms with Crippen molar-refractivity contribution in [1.82, 2.24) is 4.98 Å². The smallest absolute Gasteiger partial charge is 0.303 e. The maximum Gasteiger partial charge on any atom is 0.303 e. The summed E-state index contributed by atoms with van der Waals surface area (Å²) in [4.78, 5) is 13.6. The molecule has 0 atom stereocenters. The second kappa shape index (κ2) is 4.06. The SMILES string of the molecule is O=C(O)CCc1c[nH]c2ccc(Br)cc12. The molecule has 0 spiro atoms. The van der Waals surface area contributed by atoms with Gasteiger partial charge in [0.15, 0.2) is 0 Å². The fourth-order valence-corrected chi connectivity index (χ4v) is 1.96. The molecule has 0 aliphatic heterocycles. The Bertz CT molecular complexity index is 504. The Hall–Kier alpha value is -1.29. The van der Waals surface area contributed by atoms with Crippen LogP contribution in [0, 0.1) is 0 Å². The lowest BCUT2D eigenvalue weighted by molar-refractivity contribution is -0.136. The molecule has 3 nitrogen and oxygen atoms in total. The van der Waals surface area contributed by atoms with Crippen molar-refractivity contribution >= 4 is 32.8 Å². The van der Waals surface area contributed by atoms with Crippen LogP contribution in [0.2, 0.25) is 0 Å². The number of aromatic amines is 1. The zero-order valence-corrected chi connectivity index (χ0v) is 9.54. The highest BCUT2D eigenvalue weighted by Gasteiger charge is 2.05. The summed E-state index contributed by atoms with van der Waals surface area (Å²) in [5, 5.41) is 9.71. The molecule has 0 aliphatic rings. The first-order valence-electron chi connectivity index (χ1n) is 4.64. The van der Waals surface area contributed by atoms with Gasteiger partial charge in [-0.25, -0.2) is 0 Å². The third-order valence-electron chi connectivity index (χ3n) is 2.34. The van der Waals surface area contributed by atoms with Gasteiger partial charge in [-0.05, 0) is 30.2 Å². The van der Waals surface area contributed by atoms with Crippen molar-refractivity contribution in [3.63, 3.8) is 0 Å². The van der Waals surface area contributed by atoms with Gasteiger partial charge in [0.1, 0.15) is 0 Å². The summed E-state index contributed by atoms with van der Waals surface area (Å²) in [5.74, 6) is -0.764. The maximum absolute atomic E-state index is 10.5. The standard InChI is InChI=1S/C11H10BrNO2/c12-8-2-3-10-9(5-8)7(6-13-10)1-4-11(14)15/h2-3,5-6,13H,1,4H2,(H,14,15). The van der Waals surface area contributed by atoms with Gasteiger partial charge >= 0.3 is 5.97 Å². The van der Waals surface area contributed by atoms with Crippen LogP contribution in [-0.2, 0) is 11.2 Å². The summed E-state index contributed by atoms with van der Waals surface area (Å²) < 4.78 is 1.01. The lowest BCUT2D eigenvalue weighted by Crippen LogP contribution is -1.96. The van der Waals surface area contributed by atoms with Crippen molar-refractivity contribution in [3.8, 4) is 0 Å². The van der Waals surface area contributed by atoms with E-state index < -0.39 is 5.97 Å². The number of benzene rings is 1. The minimum atomic E-state index is -0.764. The van der Waals surface area contributed by atoms with Crippen LogP contribution in [0.1, 0.15) is 12.0 Å². The van der Waals surface area contributed by atoms with Crippen molar-refractivity contribution in [3.05, 3.63) is 34.4 Å². The van der Waals surface area contributed by atoms with Crippen LogP contribution in [0.15, 0.2) is 28.9 Å². The molecule has 15 heavy (non-hydrogen) atoms. The van der Waals surface area contributed by atoms with Gasteiger partial charge in [0.2, 0.25) is 0 Å². The number of aromatic nitrogens is 1. The fourth-order valence-electron chi connectivity index (χ4n) is 1.60. The maximum atomic E-state index is 10.5. The van der Waals surface area contributed by atoms with Gasteiger partial charge in [-0.1, -0.05) is 15.9 Å². The predicted molar refractivity (Wildman–Crippen MR) is 62.0 cm³/mol. The molecule has 0 saturated carbocycles. The highest BCUT2D eigenvalue weighted by atomic mass is 79.9. The van der Waals surface area contributed by atoms with Gasteiger partial charge in [-0.2, -0.15) is 0 Å². The molecule has 0 amide bonds. The molecular weight excluding hydrogens is 258 g/mol. The Morgan fingerprint density at radius 1 is 1.47 bits per heavy atom. The predicted octanol–water partition coefficient (Wildman–Crippen LogP) is 2.95. The monoisotopic (exact) mass is 267 g/mol. The van der Waals surface area contributed by atoms with Crippen LogP contribution in [-0.4, -0.2) is 16.1 Å². The molecule has 1 aromatic heterocycles. The molecule has 0 radical (unpaired) electrons. The first-order chi connectivity index (χ1) is 7.16. The van der Waals surface area contributed by atoms with Crippen molar-refractivity contribution in [2.75, 3.05) is 0 Å². The Labute approximate surface area is 95.2 Å². The first-order valence-corrected chi connectivity index (χ1v) is 5.43. The van der Waals surface area contributed by atoms with E-state index in [4.69, 9.17) is 5.11 Å². The number of halogens is 1. The van der Waals surface area contributed by atoms with Gasteiger partial charge in [-0.3, -0.25) is 4.79 Å². The summed E-state index contributed by atoms with van der Waals surface area (Å²) in [6, 6.07) is 5.94. The number of hydrogen-bond acceptors (Lipinski definition) is 1. The van der Waals surface area contributed by atoms with E-state index in [1.54, 1.807) is 0 Å². The number of hydrogen-bond donors (Lipinski definition) is 2. The van der Waals surface area contributed by atoms with E-state index in [-0.39, 0.29) is 6.42 Å². The Kier molecular flexibility index (Phi) is 2.77. The number of carbonyl (C=O) groups is 1. The number of fused-ring (bicyclic) bond motifs is 1. The Balaban J connectivity index is 2.35. The van der Waals surface area contributed by atoms with Crippen LogP contribution < -0.4 is 0 Å². The van der Waals surface area contributed by atoms with Crippen LogP contribution in [0.3, 0.4) is 0 Å². The number of carboxylic acids is 1.